The molecule has 2 N–H and O–H groups in total. The van der Waals surface area contributed by atoms with Crippen LogP contribution in [0.1, 0.15) is 35.5 Å². The normalized spacial score (nSPS) is 23.2. The first-order chi connectivity index (χ1) is 15.4. The van der Waals surface area contributed by atoms with Crippen LogP contribution >= 0.6 is 11.3 Å². The van der Waals surface area contributed by atoms with E-state index in [9.17, 15) is 9.59 Å². The van der Waals surface area contributed by atoms with Gasteiger partial charge < -0.3 is 19.2 Å². The Morgan fingerprint density at radius 1 is 1.31 bits per heavy atom. The monoisotopic (exact) mass is 458 g/mol. The summed E-state index contributed by atoms with van der Waals surface area (Å²) in [6.45, 7) is 2.61. The summed E-state index contributed by atoms with van der Waals surface area (Å²) < 4.78 is 17.3. The highest BCUT2D eigenvalue weighted by atomic mass is 32.1. The molecule has 6 rings (SSSR count). The van der Waals surface area contributed by atoms with Gasteiger partial charge in [-0.15, -0.1) is 10.2 Å². The maximum absolute atomic E-state index is 12.8. The summed E-state index contributed by atoms with van der Waals surface area (Å²) in [7, 11) is 3.10. The van der Waals surface area contributed by atoms with Crippen LogP contribution in [0.4, 0.5) is 10.8 Å². The predicted octanol–water partition coefficient (Wildman–Crippen LogP) is 2.23. The third-order valence-electron chi connectivity index (χ3n) is 5.97. The smallest absolute Gasteiger partial charge is 0.381 e. The van der Waals surface area contributed by atoms with Crippen LogP contribution in [-0.4, -0.2) is 52.3 Å². The number of hydrogen-bond donors (Lipinski definition) is 2. The molecule has 0 atom stereocenters. The molecule has 3 aromatic rings. The molecule has 0 spiro atoms. The number of rotatable bonds is 8. The van der Waals surface area contributed by atoms with Gasteiger partial charge in [-0.1, -0.05) is 11.3 Å². The Balaban J connectivity index is 1.34. The molecule has 0 saturated heterocycles. The number of amides is 1. The zero-order valence-corrected chi connectivity index (χ0v) is 18.6. The number of hydrogen-bond acceptors (Lipinski definition) is 10. The van der Waals surface area contributed by atoms with Gasteiger partial charge in [-0.05, 0) is 32.3 Å². The van der Waals surface area contributed by atoms with Crippen molar-refractivity contribution in [2.24, 2.45) is 5.41 Å². The minimum atomic E-state index is -0.731. The van der Waals surface area contributed by atoms with Gasteiger partial charge >= 0.3 is 5.63 Å². The van der Waals surface area contributed by atoms with Crippen LogP contribution in [0, 0.1) is 12.3 Å². The molecule has 168 valence electrons. The molecule has 32 heavy (non-hydrogen) atoms. The Bertz CT molecular complexity index is 1230. The highest BCUT2D eigenvalue weighted by Crippen LogP contribution is 2.68. The molecule has 11 nitrogen and oxygen atoms in total. The molecule has 3 aliphatic rings. The minimum Gasteiger partial charge on any atom is -0.488 e. The van der Waals surface area contributed by atoms with Crippen LogP contribution < -0.4 is 21.0 Å². The van der Waals surface area contributed by atoms with Gasteiger partial charge in [0.1, 0.15) is 0 Å². The Labute approximate surface area is 186 Å². The standard InChI is InChI=1S/C20H22N6O5S/c1-11-4-5-21-26(11)18-25-24-17(32-18)22-15(27)13-6-12(14(30-3)16(28)31-13)23-20-7-19(8-20,9-20)10-29-2/h4-6,23H,7-10H2,1-3H3,(H,22,24,27). The number of ether oxygens (including phenoxy) is 2. The molecule has 3 saturated carbocycles. The molecule has 3 heterocycles. The Morgan fingerprint density at radius 2 is 2.09 bits per heavy atom. The molecule has 0 radical (unpaired) electrons. The number of nitrogens with one attached hydrogen (secondary N) is 2. The second-order valence-corrected chi connectivity index (χ2v) is 9.40. The quantitative estimate of drug-likeness (QED) is 0.521. The average Bonchev–Trinajstić information content (AvgIpc) is 3.33. The van der Waals surface area contributed by atoms with Crippen LogP contribution in [-0.2, 0) is 4.74 Å². The number of aryl methyl sites for hydroxylation is 1. The second kappa shape index (κ2) is 7.41. The maximum Gasteiger partial charge on any atom is 0.381 e. The van der Waals surface area contributed by atoms with E-state index in [4.69, 9.17) is 13.9 Å². The SMILES string of the molecule is COCC12CC(Nc3cc(C(=O)Nc4nnc(-n5nccc5C)s4)oc(=O)c3OC)(C1)C2. The van der Waals surface area contributed by atoms with Crippen molar-refractivity contribution in [3.05, 3.63) is 40.2 Å². The van der Waals surface area contributed by atoms with E-state index in [0.717, 1.165) is 42.9 Å². The van der Waals surface area contributed by atoms with E-state index in [-0.39, 0.29) is 27.6 Å². The van der Waals surface area contributed by atoms with Crippen molar-refractivity contribution in [2.45, 2.75) is 31.7 Å². The van der Waals surface area contributed by atoms with Crippen LogP contribution in [0.5, 0.6) is 5.75 Å². The van der Waals surface area contributed by atoms with Crippen LogP contribution in [0.2, 0.25) is 0 Å². The van der Waals surface area contributed by atoms with E-state index in [1.54, 1.807) is 18.0 Å². The fourth-order valence-corrected chi connectivity index (χ4v) is 5.59. The van der Waals surface area contributed by atoms with E-state index < -0.39 is 11.5 Å². The molecular formula is C20H22N6O5S. The molecule has 0 unspecified atom stereocenters. The van der Waals surface area contributed by atoms with Gasteiger partial charge in [0.2, 0.25) is 16.0 Å². The number of anilines is 2. The van der Waals surface area contributed by atoms with Gasteiger partial charge in [-0.2, -0.15) is 5.10 Å². The first kappa shape index (κ1) is 20.6. The summed E-state index contributed by atoms with van der Waals surface area (Å²) in [6, 6.07) is 3.32. The summed E-state index contributed by atoms with van der Waals surface area (Å²) in [5, 5.41) is 19.0. The summed E-state index contributed by atoms with van der Waals surface area (Å²) in [5.74, 6) is -0.718. The van der Waals surface area contributed by atoms with E-state index >= 15 is 0 Å². The predicted molar refractivity (Wildman–Crippen MR) is 116 cm³/mol. The van der Waals surface area contributed by atoms with Crippen molar-refractivity contribution in [1.29, 1.82) is 0 Å². The number of carbonyl (C=O) groups excluding carboxylic acids is 1. The van der Waals surface area contributed by atoms with Crippen LogP contribution in [0.15, 0.2) is 27.5 Å². The molecule has 12 heteroatoms. The summed E-state index contributed by atoms with van der Waals surface area (Å²) in [4.78, 5) is 25.2. The molecule has 3 aromatic heterocycles. The van der Waals surface area contributed by atoms with Crippen molar-refractivity contribution in [3.63, 3.8) is 0 Å². The molecule has 1 amide bonds. The van der Waals surface area contributed by atoms with Crippen LogP contribution in [0.25, 0.3) is 5.13 Å². The highest BCUT2D eigenvalue weighted by Gasteiger charge is 2.68. The zero-order valence-electron chi connectivity index (χ0n) is 17.8. The van der Waals surface area contributed by atoms with E-state index in [2.05, 4.69) is 25.9 Å². The first-order valence-corrected chi connectivity index (χ1v) is 10.8. The largest absolute Gasteiger partial charge is 0.488 e. The van der Waals surface area contributed by atoms with Crippen molar-refractivity contribution in [2.75, 3.05) is 31.5 Å². The lowest BCUT2D eigenvalue weighted by Crippen LogP contribution is -2.72. The third-order valence-corrected chi connectivity index (χ3v) is 6.79. The van der Waals surface area contributed by atoms with Gasteiger partial charge in [0.25, 0.3) is 5.91 Å². The molecule has 0 aromatic carbocycles. The lowest BCUT2D eigenvalue weighted by atomic mass is 9.39. The fraction of sp³-hybridized carbons (Fsp3) is 0.450. The molecule has 2 bridgehead atoms. The van der Waals surface area contributed by atoms with Gasteiger partial charge in [-0.25, -0.2) is 9.48 Å². The van der Waals surface area contributed by atoms with Gasteiger partial charge in [-0.3, -0.25) is 10.1 Å². The highest BCUT2D eigenvalue weighted by molar-refractivity contribution is 7.17. The number of aromatic nitrogens is 4. The number of methoxy groups -OCH3 is 2. The average molecular weight is 459 g/mol. The molecule has 3 aliphatic carbocycles. The Hall–Kier alpha value is -3.25. The minimum absolute atomic E-state index is 0.0411. The summed E-state index contributed by atoms with van der Waals surface area (Å²) >= 11 is 1.15. The lowest BCUT2D eigenvalue weighted by molar-refractivity contribution is -0.154. The van der Waals surface area contributed by atoms with E-state index in [0.29, 0.717) is 10.8 Å². The van der Waals surface area contributed by atoms with Gasteiger partial charge in [0.05, 0.1) is 19.4 Å². The van der Waals surface area contributed by atoms with Crippen molar-refractivity contribution in [1.82, 2.24) is 20.0 Å². The first-order valence-electron chi connectivity index (χ1n) is 10.0. The van der Waals surface area contributed by atoms with E-state index in [1.807, 2.05) is 13.0 Å². The molecular weight excluding hydrogens is 436 g/mol. The summed E-state index contributed by atoms with van der Waals surface area (Å²) in [5.41, 5.74) is 0.702. The maximum atomic E-state index is 12.8. The Morgan fingerprint density at radius 3 is 2.75 bits per heavy atom. The van der Waals surface area contributed by atoms with Crippen molar-refractivity contribution in [3.8, 4) is 10.9 Å². The van der Waals surface area contributed by atoms with E-state index in [1.165, 1.54) is 13.2 Å². The van der Waals surface area contributed by atoms with Gasteiger partial charge in [0.15, 0.2) is 5.76 Å². The van der Waals surface area contributed by atoms with Crippen LogP contribution in [0.3, 0.4) is 0 Å². The van der Waals surface area contributed by atoms with Crippen molar-refractivity contribution < 1.29 is 18.7 Å². The summed E-state index contributed by atoms with van der Waals surface area (Å²) in [6.07, 6.45) is 4.48. The zero-order chi connectivity index (χ0) is 22.5. The molecule has 0 aliphatic heterocycles. The molecule has 3 fully saturated rings. The lowest BCUT2D eigenvalue weighted by Gasteiger charge is -2.70. The van der Waals surface area contributed by atoms with Crippen molar-refractivity contribution >= 4 is 28.1 Å². The topological polar surface area (TPSA) is 133 Å². The number of nitrogens with zero attached hydrogens (tertiary/aromatic N) is 4. The third kappa shape index (κ3) is 3.35. The Kier molecular flexibility index (Phi) is 4.78. The number of carbonyl (C=O) groups is 1. The second-order valence-electron chi connectivity index (χ2n) is 8.44. The fourth-order valence-electron chi connectivity index (χ4n) is 4.84. The van der Waals surface area contributed by atoms with Gasteiger partial charge in [0, 0.05) is 36.0 Å².